The number of amides is 1. The minimum absolute atomic E-state index is 0.0848. The van der Waals surface area contributed by atoms with Crippen molar-refractivity contribution in [3.63, 3.8) is 0 Å². The van der Waals surface area contributed by atoms with Crippen molar-refractivity contribution in [3.8, 4) is 0 Å². The van der Waals surface area contributed by atoms with Crippen molar-refractivity contribution in [2.45, 2.75) is 31.7 Å². The van der Waals surface area contributed by atoms with E-state index in [1.165, 1.54) is 38.4 Å². The van der Waals surface area contributed by atoms with Gasteiger partial charge in [-0.1, -0.05) is 12.2 Å². The van der Waals surface area contributed by atoms with Gasteiger partial charge in [0, 0.05) is 6.20 Å². The number of carbonyl (C=O) groups excluding carboxylic acids is 4. The summed E-state index contributed by atoms with van der Waals surface area (Å²) in [6, 6.07) is -0.624. The Morgan fingerprint density at radius 1 is 1.03 bits per heavy atom. The summed E-state index contributed by atoms with van der Waals surface area (Å²) in [5, 5.41) is 6.87. The third-order valence-electron chi connectivity index (χ3n) is 4.78. The number of carbonyl (C=O) groups is 4. The summed E-state index contributed by atoms with van der Waals surface area (Å²) in [6.07, 6.45) is 7.32. The van der Waals surface area contributed by atoms with E-state index in [2.05, 4.69) is 19.9 Å². The van der Waals surface area contributed by atoms with Gasteiger partial charge in [-0.15, -0.1) is 0 Å². The van der Waals surface area contributed by atoms with E-state index in [4.69, 9.17) is 4.74 Å². The van der Waals surface area contributed by atoms with Crippen LogP contribution in [0.4, 0.5) is 5.69 Å². The highest BCUT2D eigenvalue weighted by Gasteiger charge is 2.35. The molecule has 158 valence electrons. The average Bonchev–Trinajstić information content (AvgIpc) is 3.20. The minimum atomic E-state index is -0.624. The Kier molecular flexibility index (Phi) is 7.93. The van der Waals surface area contributed by atoms with E-state index in [0.29, 0.717) is 18.5 Å². The second-order valence-electron chi connectivity index (χ2n) is 6.59. The van der Waals surface area contributed by atoms with Crippen LogP contribution in [0.1, 0.15) is 31.7 Å². The minimum Gasteiger partial charge on any atom is -0.469 e. The maximum atomic E-state index is 12.7. The quantitative estimate of drug-likeness (QED) is 0.388. The molecule has 0 fully saturated rings. The number of hydrogen-bond acceptors (Lipinski definition) is 8. The van der Waals surface area contributed by atoms with Gasteiger partial charge in [0.15, 0.2) is 0 Å². The highest BCUT2D eigenvalue weighted by molar-refractivity contribution is 5.95. The fourth-order valence-electron chi connectivity index (χ4n) is 3.16. The van der Waals surface area contributed by atoms with Crippen LogP contribution >= 0.6 is 0 Å². The summed E-state index contributed by atoms with van der Waals surface area (Å²) in [4.78, 5) is 47.9. The average molecular weight is 407 g/mol. The molecule has 0 unspecified atom stereocenters. The van der Waals surface area contributed by atoms with Crippen LogP contribution < -0.4 is 5.32 Å². The first-order chi connectivity index (χ1) is 13.9. The van der Waals surface area contributed by atoms with E-state index in [1.54, 1.807) is 0 Å². The van der Waals surface area contributed by atoms with E-state index < -0.39 is 35.8 Å². The number of nitrogens with zero attached hydrogens (tertiary/aromatic N) is 2. The van der Waals surface area contributed by atoms with Crippen molar-refractivity contribution < 1.29 is 33.4 Å². The number of anilines is 1. The van der Waals surface area contributed by atoms with Crippen LogP contribution in [0, 0.1) is 11.8 Å². The standard InChI is InChI=1S/C19H25N3O7/c1-27-16(23)8-13(9-17(24)28-2)22-11-12(10-20-22)21-18(25)14-6-4-5-7-15(14)19(26)29-3/h4-5,10-11,13-15H,6-9H2,1-3H3,(H,21,25)/t14-,15+/m1/s1. The van der Waals surface area contributed by atoms with E-state index in [9.17, 15) is 19.2 Å². The first-order valence-corrected chi connectivity index (χ1v) is 9.11. The van der Waals surface area contributed by atoms with Crippen molar-refractivity contribution in [1.82, 2.24) is 9.78 Å². The monoisotopic (exact) mass is 407 g/mol. The van der Waals surface area contributed by atoms with Gasteiger partial charge in [-0.05, 0) is 12.8 Å². The molecule has 1 heterocycles. The molecule has 0 aliphatic heterocycles. The Hall–Kier alpha value is -3.17. The zero-order valence-electron chi connectivity index (χ0n) is 16.6. The zero-order chi connectivity index (χ0) is 21.4. The van der Waals surface area contributed by atoms with Gasteiger partial charge in [0.2, 0.25) is 5.91 Å². The highest BCUT2D eigenvalue weighted by atomic mass is 16.5. The number of rotatable bonds is 8. The lowest BCUT2D eigenvalue weighted by Crippen LogP contribution is -2.35. The van der Waals surface area contributed by atoms with E-state index in [-0.39, 0.29) is 18.7 Å². The van der Waals surface area contributed by atoms with Crippen LogP contribution in [0.3, 0.4) is 0 Å². The van der Waals surface area contributed by atoms with Crippen LogP contribution in [0.2, 0.25) is 0 Å². The molecule has 1 aromatic heterocycles. The molecule has 0 saturated carbocycles. The van der Waals surface area contributed by atoms with Crippen LogP contribution in [-0.4, -0.2) is 54.9 Å². The fraction of sp³-hybridized carbons (Fsp3) is 0.526. The third-order valence-corrected chi connectivity index (χ3v) is 4.78. The third kappa shape index (κ3) is 5.90. The molecule has 1 aliphatic rings. The second-order valence-corrected chi connectivity index (χ2v) is 6.59. The van der Waals surface area contributed by atoms with Gasteiger partial charge in [0.25, 0.3) is 0 Å². The molecule has 2 atom stereocenters. The Morgan fingerprint density at radius 2 is 1.62 bits per heavy atom. The number of nitrogens with one attached hydrogen (secondary N) is 1. The summed E-state index contributed by atoms with van der Waals surface area (Å²) in [5.41, 5.74) is 0.382. The number of ether oxygens (including phenoxy) is 3. The highest BCUT2D eigenvalue weighted by Crippen LogP contribution is 2.28. The topological polar surface area (TPSA) is 126 Å². The summed E-state index contributed by atoms with van der Waals surface area (Å²) < 4.78 is 15.5. The molecule has 1 aliphatic carbocycles. The van der Waals surface area contributed by atoms with Crippen LogP contribution in [0.25, 0.3) is 0 Å². The summed E-state index contributed by atoms with van der Waals surface area (Å²) in [7, 11) is 3.80. The molecular weight excluding hydrogens is 382 g/mol. The van der Waals surface area contributed by atoms with Gasteiger partial charge in [-0.2, -0.15) is 5.10 Å². The van der Waals surface area contributed by atoms with Crippen LogP contribution in [0.5, 0.6) is 0 Å². The maximum Gasteiger partial charge on any atom is 0.309 e. The SMILES string of the molecule is COC(=O)CC(CC(=O)OC)n1cc(NC(=O)[C@@H]2CC=CC[C@@H]2C(=O)OC)cn1. The molecule has 10 heteroatoms. The Morgan fingerprint density at radius 3 is 2.17 bits per heavy atom. The van der Waals surface area contributed by atoms with E-state index in [1.807, 2.05) is 12.2 Å². The summed E-state index contributed by atoms with van der Waals surface area (Å²) >= 11 is 0. The smallest absolute Gasteiger partial charge is 0.309 e. The Labute approximate surface area is 168 Å². The van der Waals surface area contributed by atoms with Gasteiger partial charge in [-0.3, -0.25) is 23.9 Å². The van der Waals surface area contributed by atoms with Crippen LogP contribution in [0.15, 0.2) is 24.5 Å². The van der Waals surface area contributed by atoms with Gasteiger partial charge >= 0.3 is 17.9 Å². The lowest BCUT2D eigenvalue weighted by molar-refractivity contribution is -0.149. The van der Waals surface area contributed by atoms with Gasteiger partial charge in [0.1, 0.15) is 0 Å². The largest absolute Gasteiger partial charge is 0.469 e. The predicted octanol–water partition coefficient (Wildman–Crippen LogP) is 1.24. The maximum absolute atomic E-state index is 12.7. The first kappa shape index (κ1) is 22.1. The van der Waals surface area contributed by atoms with Crippen molar-refractivity contribution in [2.75, 3.05) is 26.6 Å². The number of methoxy groups -OCH3 is 3. The molecule has 1 amide bonds. The molecule has 0 bridgehead atoms. The molecular formula is C19H25N3O7. The fourth-order valence-corrected chi connectivity index (χ4v) is 3.16. The Balaban J connectivity index is 2.11. The van der Waals surface area contributed by atoms with Crippen molar-refractivity contribution >= 4 is 29.5 Å². The molecule has 1 N–H and O–H groups in total. The first-order valence-electron chi connectivity index (χ1n) is 9.11. The van der Waals surface area contributed by atoms with Gasteiger partial charge in [0.05, 0.1) is 63.9 Å². The van der Waals surface area contributed by atoms with Crippen molar-refractivity contribution in [3.05, 3.63) is 24.5 Å². The molecule has 0 saturated heterocycles. The molecule has 10 nitrogen and oxygen atoms in total. The van der Waals surface area contributed by atoms with Crippen molar-refractivity contribution in [2.24, 2.45) is 11.8 Å². The number of allylic oxidation sites excluding steroid dienone is 2. The van der Waals surface area contributed by atoms with Crippen LogP contribution in [-0.2, 0) is 33.4 Å². The molecule has 0 aromatic carbocycles. The van der Waals surface area contributed by atoms with E-state index in [0.717, 1.165) is 0 Å². The Bertz CT molecular complexity index is 769. The normalized spacial score (nSPS) is 18.2. The zero-order valence-corrected chi connectivity index (χ0v) is 16.6. The van der Waals surface area contributed by atoms with E-state index >= 15 is 0 Å². The van der Waals surface area contributed by atoms with Gasteiger partial charge < -0.3 is 19.5 Å². The lowest BCUT2D eigenvalue weighted by atomic mass is 9.82. The number of esters is 3. The molecule has 1 aromatic rings. The lowest BCUT2D eigenvalue weighted by Gasteiger charge is -2.25. The molecule has 0 spiro atoms. The summed E-state index contributed by atoms with van der Waals surface area (Å²) in [6.45, 7) is 0. The van der Waals surface area contributed by atoms with Gasteiger partial charge in [-0.25, -0.2) is 0 Å². The molecule has 2 rings (SSSR count). The second kappa shape index (κ2) is 10.4. The number of aromatic nitrogens is 2. The summed E-state index contributed by atoms with van der Waals surface area (Å²) in [5.74, 6) is -2.88. The molecule has 29 heavy (non-hydrogen) atoms. The van der Waals surface area contributed by atoms with Crippen molar-refractivity contribution in [1.29, 1.82) is 0 Å². The number of hydrogen-bond donors (Lipinski definition) is 1. The molecule has 0 radical (unpaired) electrons. The predicted molar refractivity (Wildman–Crippen MR) is 101 cm³/mol.